The van der Waals surface area contributed by atoms with Crippen molar-refractivity contribution < 1.29 is 9.53 Å². The Balaban J connectivity index is 1.79. The Hall–Kier alpha value is -1.94. The summed E-state index contributed by atoms with van der Waals surface area (Å²) in [4.78, 5) is 14.9. The van der Waals surface area contributed by atoms with Crippen molar-refractivity contribution in [3.05, 3.63) is 52.8 Å². The number of amides is 1. The number of halogens is 1. The molecule has 5 heteroatoms. The van der Waals surface area contributed by atoms with Crippen molar-refractivity contribution in [2.45, 2.75) is 12.5 Å². The summed E-state index contributed by atoms with van der Waals surface area (Å²) in [6.45, 7) is 0.605. The van der Waals surface area contributed by atoms with Gasteiger partial charge in [-0.2, -0.15) is 0 Å². The van der Waals surface area contributed by atoms with E-state index in [4.69, 9.17) is 16.3 Å². The van der Waals surface area contributed by atoms with Crippen molar-refractivity contribution in [3.63, 3.8) is 0 Å². The first-order valence-corrected chi connectivity index (χ1v) is 6.48. The lowest BCUT2D eigenvalue weighted by Gasteiger charge is -2.26. The molecule has 1 aromatic carbocycles. The van der Waals surface area contributed by atoms with Gasteiger partial charge in [0.1, 0.15) is 11.4 Å². The minimum Gasteiger partial charge on any atom is -0.493 e. The maximum absolute atomic E-state index is 12.1. The molecule has 1 amide bonds. The van der Waals surface area contributed by atoms with E-state index in [1.165, 1.54) is 0 Å². The van der Waals surface area contributed by atoms with Crippen molar-refractivity contribution in [3.8, 4) is 5.75 Å². The molecule has 0 saturated carbocycles. The Bertz CT molecular complexity index is 609. The van der Waals surface area contributed by atoms with Gasteiger partial charge in [0.05, 0.1) is 17.7 Å². The quantitative estimate of drug-likeness (QED) is 0.886. The zero-order chi connectivity index (χ0) is 13.2. The lowest BCUT2D eigenvalue weighted by Crippen LogP contribution is -2.32. The van der Waals surface area contributed by atoms with Crippen LogP contribution in [0.15, 0.2) is 36.5 Å². The summed E-state index contributed by atoms with van der Waals surface area (Å²) in [5.74, 6) is 0.678. The third kappa shape index (κ3) is 2.44. The fraction of sp³-hybridized carbons (Fsp3) is 0.214. The van der Waals surface area contributed by atoms with Gasteiger partial charge in [-0.3, -0.25) is 4.79 Å². The number of aromatic amines is 1. The molecule has 0 bridgehead atoms. The second kappa shape index (κ2) is 4.97. The summed E-state index contributed by atoms with van der Waals surface area (Å²) < 4.78 is 5.56. The van der Waals surface area contributed by atoms with Gasteiger partial charge in [0, 0.05) is 18.2 Å². The lowest BCUT2D eigenvalue weighted by molar-refractivity contribution is 0.0920. The molecule has 19 heavy (non-hydrogen) atoms. The number of rotatable bonds is 2. The van der Waals surface area contributed by atoms with E-state index >= 15 is 0 Å². The van der Waals surface area contributed by atoms with Crippen LogP contribution in [0.1, 0.15) is 28.5 Å². The average molecular weight is 277 g/mol. The van der Waals surface area contributed by atoms with Crippen LogP contribution in [0.3, 0.4) is 0 Å². The molecule has 1 aliphatic rings. The first-order valence-electron chi connectivity index (χ1n) is 6.10. The molecule has 4 nitrogen and oxygen atoms in total. The molecule has 1 unspecified atom stereocenters. The predicted molar refractivity (Wildman–Crippen MR) is 72.6 cm³/mol. The van der Waals surface area contributed by atoms with Gasteiger partial charge in [-0.25, -0.2) is 0 Å². The van der Waals surface area contributed by atoms with E-state index in [1.54, 1.807) is 12.3 Å². The molecule has 2 aromatic rings. The van der Waals surface area contributed by atoms with Crippen LogP contribution in [0.5, 0.6) is 5.75 Å². The van der Waals surface area contributed by atoms with E-state index in [0.29, 0.717) is 17.3 Å². The van der Waals surface area contributed by atoms with Gasteiger partial charge in [-0.1, -0.05) is 29.8 Å². The predicted octanol–water partition coefficient (Wildman–Crippen LogP) is 2.92. The Kier molecular flexibility index (Phi) is 3.17. The van der Waals surface area contributed by atoms with Crippen LogP contribution in [0.2, 0.25) is 5.02 Å². The van der Waals surface area contributed by atoms with Crippen LogP contribution >= 0.6 is 11.6 Å². The molecule has 0 radical (unpaired) electrons. The monoisotopic (exact) mass is 276 g/mol. The number of benzene rings is 1. The van der Waals surface area contributed by atoms with Crippen LogP contribution < -0.4 is 10.1 Å². The van der Waals surface area contributed by atoms with E-state index < -0.39 is 0 Å². The fourth-order valence-corrected chi connectivity index (χ4v) is 2.39. The Labute approximate surface area is 115 Å². The molecule has 0 fully saturated rings. The number of H-pyrrole nitrogens is 1. The maximum atomic E-state index is 12.1. The van der Waals surface area contributed by atoms with E-state index in [1.807, 2.05) is 24.3 Å². The van der Waals surface area contributed by atoms with Crippen molar-refractivity contribution in [1.29, 1.82) is 0 Å². The maximum Gasteiger partial charge on any atom is 0.268 e. The van der Waals surface area contributed by atoms with E-state index in [9.17, 15) is 4.79 Å². The molecule has 0 spiro atoms. The molecule has 3 rings (SSSR count). The van der Waals surface area contributed by atoms with Crippen LogP contribution in [-0.2, 0) is 0 Å². The van der Waals surface area contributed by atoms with Crippen LogP contribution in [0, 0.1) is 0 Å². The highest BCUT2D eigenvalue weighted by molar-refractivity contribution is 6.30. The van der Waals surface area contributed by atoms with Gasteiger partial charge in [-0.15, -0.1) is 0 Å². The van der Waals surface area contributed by atoms with Crippen LogP contribution in [-0.4, -0.2) is 17.5 Å². The number of fused-ring (bicyclic) bond motifs is 1. The molecule has 0 saturated heterocycles. The Morgan fingerprint density at radius 2 is 2.26 bits per heavy atom. The number of para-hydroxylation sites is 1. The highest BCUT2D eigenvalue weighted by Crippen LogP contribution is 2.31. The molecule has 1 aromatic heterocycles. The highest BCUT2D eigenvalue weighted by Gasteiger charge is 2.23. The molecular weight excluding hydrogens is 264 g/mol. The highest BCUT2D eigenvalue weighted by atomic mass is 35.5. The minimum absolute atomic E-state index is 0.0282. The molecule has 2 heterocycles. The zero-order valence-corrected chi connectivity index (χ0v) is 10.9. The zero-order valence-electron chi connectivity index (χ0n) is 10.2. The number of ether oxygens (including phenoxy) is 1. The van der Waals surface area contributed by atoms with Crippen molar-refractivity contribution in [2.24, 2.45) is 0 Å². The van der Waals surface area contributed by atoms with Crippen LogP contribution in [0.25, 0.3) is 0 Å². The number of hydrogen-bond donors (Lipinski definition) is 2. The minimum atomic E-state index is -0.159. The van der Waals surface area contributed by atoms with Crippen molar-refractivity contribution >= 4 is 17.5 Å². The fourth-order valence-electron chi connectivity index (χ4n) is 2.23. The topological polar surface area (TPSA) is 54.1 Å². The normalized spacial score (nSPS) is 17.4. The Morgan fingerprint density at radius 1 is 1.42 bits per heavy atom. The molecule has 2 N–H and O–H groups in total. The summed E-state index contributed by atoms with van der Waals surface area (Å²) >= 11 is 5.80. The number of nitrogens with one attached hydrogen (secondary N) is 2. The van der Waals surface area contributed by atoms with Gasteiger partial charge in [-0.05, 0) is 12.1 Å². The molecule has 1 aliphatic heterocycles. The number of carbonyl (C=O) groups excluding carboxylic acids is 1. The van der Waals surface area contributed by atoms with E-state index in [2.05, 4.69) is 10.3 Å². The molecular formula is C14H13ClN2O2. The molecule has 98 valence electrons. The SMILES string of the molecule is O=C(NC1CCOc2ccccc21)c1cc(Cl)c[nH]1. The first-order chi connectivity index (χ1) is 9.24. The third-order valence-corrected chi connectivity index (χ3v) is 3.37. The summed E-state index contributed by atoms with van der Waals surface area (Å²) in [7, 11) is 0. The molecule has 0 aliphatic carbocycles. The third-order valence-electron chi connectivity index (χ3n) is 3.16. The standard InChI is InChI=1S/C14H13ClN2O2/c15-9-7-12(16-8-9)14(18)17-11-5-6-19-13-4-2-1-3-10(11)13/h1-4,7-8,11,16H,5-6H2,(H,17,18). The van der Waals surface area contributed by atoms with E-state index in [0.717, 1.165) is 17.7 Å². The second-order valence-corrected chi connectivity index (χ2v) is 4.87. The number of carbonyl (C=O) groups is 1. The summed E-state index contributed by atoms with van der Waals surface area (Å²) in [5.41, 5.74) is 1.48. The van der Waals surface area contributed by atoms with Gasteiger partial charge in [0.25, 0.3) is 5.91 Å². The number of hydrogen-bond acceptors (Lipinski definition) is 2. The first kappa shape index (κ1) is 12.1. The Morgan fingerprint density at radius 3 is 3.05 bits per heavy atom. The van der Waals surface area contributed by atoms with Gasteiger partial charge >= 0.3 is 0 Å². The van der Waals surface area contributed by atoms with Gasteiger partial charge < -0.3 is 15.0 Å². The summed E-state index contributed by atoms with van der Waals surface area (Å²) in [5, 5.41) is 3.52. The van der Waals surface area contributed by atoms with Gasteiger partial charge in [0.15, 0.2) is 0 Å². The van der Waals surface area contributed by atoms with Crippen molar-refractivity contribution in [1.82, 2.24) is 10.3 Å². The smallest absolute Gasteiger partial charge is 0.268 e. The van der Waals surface area contributed by atoms with Gasteiger partial charge in [0.2, 0.25) is 0 Å². The number of aromatic nitrogens is 1. The summed E-state index contributed by atoms with van der Waals surface area (Å²) in [6, 6.07) is 9.34. The average Bonchev–Trinajstić information content (AvgIpc) is 2.86. The second-order valence-electron chi connectivity index (χ2n) is 4.43. The van der Waals surface area contributed by atoms with Crippen molar-refractivity contribution in [2.75, 3.05) is 6.61 Å². The summed E-state index contributed by atoms with van der Waals surface area (Å²) in [6.07, 6.45) is 2.35. The molecule has 1 atom stereocenters. The largest absolute Gasteiger partial charge is 0.493 e. The van der Waals surface area contributed by atoms with Crippen LogP contribution in [0.4, 0.5) is 0 Å². The lowest BCUT2D eigenvalue weighted by atomic mass is 10.0. The van der Waals surface area contributed by atoms with E-state index in [-0.39, 0.29) is 11.9 Å².